The Morgan fingerprint density at radius 2 is 1.17 bits per heavy atom. The molecule has 0 amide bonds. The molecule has 2 atom stereocenters. The Balaban J connectivity index is 2.17. The second-order valence-corrected chi connectivity index (χ2v) is 15.3. The van der Waals surface area contributed by atoms with E-state index in [1.54, 1.807) is 0 Å². The van der Waals surface area contributed by atoms with Crippen LogP contribution in [-0.2, 0) is 29.8 Å². The minimum absolute atomic E-state index is 0.0438. The minimum Gasteiger partial charge on any atom is -0.355 e. The number of halogens is 9. The van der Waals surface area contributed by atoms with Crippen LogP contribution in [0.15, 0.2) is 36.4 Å². The molecule has 2 aromatic carbocycles. The van der Waals surface area contributed by atoms with Crippen molar-refractivity contribution in [3.63, 3.8) is 0 Å². The molecule has 0 aliphatic carbocycles. The maximum Gasteiger partial charge on any atom is 0.416 e. The Morgan fingerprint density at radius 1 is 0.674 bits per heavy atom. The normalized spacial score (nSPS) is 19.0. The van der Waals surface area contributed by atoms with Crippen LogP contribution in [0.4, 0.5) is 45.2 Å². The van der Waals surface area contributed by atoms with Crippen LogP contribution in [0, 0.1) is 16.2 Å². The van der Waals surface area contributed by atoms with Gasteiger partial charge in [0.1, 0.15) is 6.73 Å². The fourth-order valence-corrected chi connectivity index (χ4v) is 5.26. The summed E-state index contributed by atoms with van der Waals surface area (Å²) in [7, 11) is 0. The first-order chi connectivity index (χ1) is 20.5. The summed E-state index contributed by atoms with van der Waals surface area (Å²) in [4.78, 5) is 1.94. The maximum atomic E-state index is 13.9. The van der Waals surface area contributed by atoms with Gasteiger partial charge in [-0.2, -0.15) is 39.5 Å². The predicted molar refractivity (Wildman–Crippen MR) is 161 cm³/mol. The Labute approximate surface area is 265 Å². The number of hydrogen-bond acceptors (Lipinski definition) is 3. The predicted octanol–water partition coefficient (Wildman–Crippen LogP) is 11.0. The molecule has 0 fully saturated rings. The van der Waals surface area contributed by atoms with E-state index in [4.69, 9.17) is 4.74 Å². The van der Waals surface area contributed by atoms with Crippen molar-refractivity contribution in [2.45, 2.75) is 118 Å². The van der Waals surface area contributed by atoms with E-state index in [9.17, 15) is 39.5 Å². The summed E-state index contributed by atoms with van der Waals surface area (Å²) in [5, 5.41) is 3.03. The molecule has 0 bridgehead atoms. The van der Waals surface area contributed by atoms with Crippen molar-refractivity contribution in [3.05, 3.63) is 64.2 Å². The Morgan fingerprint density at radius 3 is 1.61 bits per heavy atom. The van der Waals surface area contributed by atoms with Crippen molar-refractivity contribution >= 4 is 5.69 Å². The third-order valence-electron chi connectivity index (χ3n) is 10.2. The summed E-state index contributed by atoms with van der Waals surface area (Å²) in [6, 6.07) is 3.48. The number of benzene rings is 2. The third-order valence-corrected chi connectivity index (χ3v) is 10.2. The number of fused-ring (bicyclic) bond motifs is 1. The zero-order valence-corrected chi connectivity index (χ0v) is 28.0. The van der Waals surface area contributed by atoms with E-state index in [2.05, 4.69) is 5.32 Å². The van der Waals surface area contributed by atoms with Crippen LogP contribution in [0.2, 0.25) is 0 Å². The highest BCUT2D eigenvalue weighted by Crippen LogP contribution is 2.51. The quantitative estimate of drug-likeness (QED) is 0.297. The molecule has 0 radical (unpaired) electrons. The van der Waals surface area contributed by atoms with Crippen molar-refractivity contribution in [1.82, 2.24) is 5.32 Å². The average Bonchev–Trinajstić information content (AvgIpc) is 2.87. The van der Waals surface area contributed by atoms with Crippen molar-refractivity contribution < 1.29 is 44.3 Å². The van der Waals surface area contributed by atoms with Crippen LogP contribution < -0.4 is 10.2 Å². The van der Waals surface area contributed by atoms with Gasteiger partial charge in [-0.25, -0.2) is 0 Å². The standard InChI is InChI=1S/C34H45F9N2O/c1-28(2,3)30(7,8)27-17-25(44-18-20-13-22(33(38,39)40)15-23(14-20)34(41,42)43)24-16-21(32(35,36)37)11-12-26(24)45(27)19-46-31(9,10)29(4,5)6/h11-16,25,27,44H,17-19H2,1-10H3/t25-,27-/m0/s1. The highest BCUT2D eigenvalue weighted by atomic mass is 19.4. The van der Waals surface area contributed by atoms with Crippen molar-refractivity contribution in [2.75, 3.05) is 11.6 Å². The smallest absolute Gasteiger partial charge is 0.355 e. The van der Waals surface area contributed by atoms with Crippen molar-refractivity contribution in [3.8, 4) is 0 Å². The van der Waals surface area contributed by atoms with Gasteiger partial charge in [0.15, 0.2) is 0 Å². The SMILES string of the molecule is CC(C)(C)C(C)(C)OCN1c2ccc(C(F)(F)F)cc2[C@@H](NCc2cc(C(F)(F)F)cc(C(F)(F)F)c2)C[C@H]1C(C)(C)C(C)(C)C. The van der Waals surface area contributed by atoms with Gasteiger partial charge in [-0.3, -0.25) is 0 Å². The van der Waals surface area contributed by atoms with Gasteiger partial charge < -0.3 is 15.0 Å². The van der Waals surface area contributed by atoms with Gasteiger partial charge in [0.05, 0.1) is 22.3 Å². The van der Waals surface area contributed by atoms with E-state index in [1.807, 2.05) is 74.1 Å². The Hall–Kier alpha value is -2.47. The van der Waals surface area contributed by atoms with Gasteiger partial charge in [0, 0.05) is 24.3 Å². The number of hydrogen-bond donors (Lipinski definition) is 1. The molecule has 0 saturated carbocycles. The second kappa shape index (κ2) is 12.2. The number of anilines is 1. The molecule has 3 rings (SSSR count). The van der Waals surface area contributed by atoms with E-state index in [1.165, 1.54) is 6.07 Å². The molecular formula is C34H45F9N2O. The van der Waals surface area contributed by atoms with E-state index in [0.717, 1.165) is 12.1 Å². The number of nitrogens with zero attached hydrogens (tertiary/aromatic N) is 1. The van der Waals surface area contributed by atoms with Gasteiger partial charge >= 0.3 is 18.5 Å². The van der Waals surface area contributed by atoms with E-state index < -0.39 is 58.8 Å². The van der Waals surface area contributed by atoms with Gasteiger partial charge in [-0.05, 0) is 84.0 Å². The highest BCUT2D eigenvalue weighted by Gasteiger charge is 2.48. The van der Waals surface area contributed by atoms with E-state index >= 15 is 0 Å². The molecule has 0 aromatic heterocycles. The lowest BCUT2D eigenvalue weighted by Gasteiger charge is -2.54. The van der Waals surface area contributed by atoms with Crippen molar-refractivity contribution in [1.29, 1.82) is 0 Å². The van der Waals surface area contributed by atoms with E-state index in [-0.39, 0.29) is 47.2 Å². The zero-order valence-electron chi connectivity index (χ0n) is 28.0. The van der Waals surface area contributed by atoms with Gasteiger partial charge in [0.2, 0.25) is 0 Å². The van der Waals surface area contributed by atoms with Crippen LogP contribution in [0.5, 0.6) is 0 Å². The molecular weight excluding hydrogens is 623 g/mol. The number of rotatable bonds is 7. The lowest BCUT2D eigenvalue weighted by atomic mass is 9.62. The van der Waals surface area contributed by atoms with Crippen LogP contribution in [0.1, 0.15) is 110 Å². The molecule has 0 spiro atoms. The maximum absolute atomic E-state index is 13.9. The first kappa shape index (κ1) is 38.0. The minimum atomic E-state index is -5.03. The van der Waals surface area contributed by atoms with Gasteiger partial charge in [-0.1, -0.05) is 55.4 Å². The molecule has 1 aliphatic heterocycles. The number of nitrogens with one attached hydrogen (secondary N) is 1. The van der Waals surface area contributed by atoms with Crippen LogP contribution in [-0.4, -0.2) is 18.4 Å². The number of alkyl halides is 9. The van der Waals surface area contributed by atoms with Gasteiger partial charge in [-0.15, -0.1) is 0 Å². The zero-order chi connectivity index (χ0) is 35.5. The van der Waals surface area contributed by atoms with E-state index in [0.29, 0.717) is 17.8 Å². The summed E-state index contributed by atoms with van der Waals surface area (Å²) in [5.41, 5.74) is -5.19. The fourth-order valence-electron chi connectivity index (χ4n) is 5.26. The lowest BCUT2D eigenvalue weighted by molar-refractivity contribution is -0.143. The van der Waals surface area contributed by atoms with Crippen LogP contribution in [0.3, 0.4) is 0 Å². The molecule has 0 saturated heterocycles. The molecule has 1 heterocycles. The molecule has 1 aliphatic rings. The summed E-state index contributed by atoms with van der Waals surface area (Å²) in [6.07, 6.45) is -14.5. The topological polar surface area (TPSA) is 24.5 Å². The molecule has 0 unspecified atom stereocenters. The van der Waals surface area contributed by atoms with Gasteiger partial charge in [0.25, 0.3) is 0 Å². The Kier molecular flexibility index (Phi) is 10.1. The fraction of sp³-hybridized carbons (Fsp3) is 0.647. The average molecular weight is 669 g/mol. The number of ether oxygens (including phenoxy) is 1. The molecule has 3 nitrogen and oxygen atoms in total. The highest BCUT2D eigenvalue weighted by molar-refractivity contribution is 5.60. The Bertz CT molecular complexity index is 1350. The molecule has 46 heavy (non-hydrogen) atoms. The second-order valence-electron chi connectivity index (χ2n) is 15.3. The molecule has 2 aromatic rings. The van der Waals surface area contributed by atoms with Crippen LogP contribution in [0.25, 0.3) is 0 Å². The van der Waals surface area contributed by atoms with Crippen molar-refractivity contribution in [2.24, 2.45) is 16.2 Å². The monoisotopic (exact) mass is 668 g/mol. The first-order valence-electron chi connectivity index (χ1n) is 15.1. The summed E-state index contributed by atoms with van der Waals surface area (Å²) in [6.45, 7) is 19.7. The summed E-state index contributed by atoms with van der Waals surface area (Å²) >= 11 is 0. The first-order valence-corrected chi connectivity index (χ1v) is 15.1. The largest absolute Gasteiger partial charge is 0.416 e. The molecule has 1 N–H and O–H groups in total. The summed E-state index contributed by atoms with van der Waals surface area (Å²) in [5.74, 6) is 0. The van der Waals surface area contributed by atoms with Crippen LogP contribution >= 0.6 is 0 Å². The molecule has 12 heteroatoms. The third kappa shape index (κ3) is 8.14. The lowest BCUT2D eigenvalue weighted by Crippen LogP contribution is -2.56. The molecule has 260 valence electrons. The summed E-state index contributed by atoms with van der Waals surface area (Å²) < 4.78 is 129.